The normalized spacial score (nSPS) is 25.3. The van der Waals surface area contributed by atoms with Gasteiger partial charge in [0.05, 0.1) is 0 Å². The third-order valence-corrected chi connectivity index (χ3v) is 3.25. The van der Waals surface area contributed by atoms with E-state index in [1.807, 2.05) is 0 Å². The minimum atomic E-state index is -0.205. The summed E-state index contributed by atoms with van der Waals surface area (Å²) in [5.74, 6) is 0.164. The molecule has 2 atom stereocenters. The summed E-state index contributed by atoms with van der Waals surface area (Å²) in [6.07, 6.45) is 8.39. The highest BCUT2D eigenvalue weighted by molar-refractivity contribution is 5.05. The van der Waals surface area contributed by atoms with Gasteiger partial charge in [0.15, 0.2) is 0 Å². The molecule has 2 unspecified atom stereocenters. The topological polar surface area (TPSA) is 70.1 Å². The molecule has 1 aliphatic rings. The molecule has 5 nitrogen and oxygen atoms in total. The summed E-state index contributed by atoms with van der Waals surface area (Å²) in [6.45, 7) is 0. The first-order chi connectivity index (χ1) is 8.18. The zero-order chi connectivity index (χ0) is 12.3. The van der Waals surface area contributed by atoms with Gasteiger partial charge in [-0.05, 0) is 19.3 Å². The Balaban J connectivity index is 2.13. The molecular weight excluding hydrogens is 218 g/mol. The zero-order valence-electron chi connectivity index (χ0n) is 10.1. The molecule has 1 saturated carbocycles. The standard InChI is InChI=1S/C12H19N3O2/c1-15-8-7-14-11(12(15)16)17-10-6-4-2-3-5-9(10)13/h7-10H,2-6,13H2,1H3. The maximum atomic E-state index is 11.8. The maximum absolute atomic E-state index is 11.8. The van der Waals surface area contributed by atoms with Gasteiger partial charge in [-0.1, -0.05) is 12.8 Å². The number of hydrogen-bond donors (Lipinski definition) is 1. The van der Waals surface area contributed by atoms with E-state index in [0.717, 1.165) is 25.7 Å². The third-order valence-electron chi connectivity index (χ3n) is 3.25. The van der Waals surface area contributed by atoms with Crippen LogP contribution in [-0.2, 0) is 7.05 Å². The van der Waals surface area contributed by atoms with Crippen molar-refractivity contribution < 1.29 is 4.74 Å². The minimum Gasteiger partial charge on any atom is -0.469 e. The van der Waals surface area contributed by atoms with Crippen LogP contribution in [0.25, 0.3) is 0 Å². The van der Waals surface area contributed by atoms with Gasteiger partial charge in [-0.2, -0.15) is 0 Å². The Bertz CT molecular complexity index is 430. The van der Waals surface area contributed by atoms with E-state index in [2.05, 4.69) is 4.98 Å². The molecular formula is C12H19N3O2. The van der Waals surface area contributed by atoms with Crippen molar-refractivity contribution in [2.75, 3.05) is 0 Å². The quantitative estimate of drug-likeness (QED) is 0.773. The molecule has 1 aliphatic carbocycles. The van der Waals surface area contributed by atoms with Gasteiger partial charge >= 0.3 is 5.56 Å². The van der Waals surface area contributed by atoms with Crippen LogP contribution in [0.5, 0.6) is 5.88 Å². The molecule has 0 aliphatic heterocycles. The highest BCUT2D eigenvalue weighted by Gasteiger charge is 2.23. The molecule has 1 aromatic heterocycles. The SMILES string of the molecule is Cn1ccnc(OC2CCCCCC2N)c1=O. The van der Waals surface area contributed by atoms with E-state index in [9.17, 15) is 4.79 Å². The van der Waals surface area contributed by atoms with Crippen LogP contribution in [-0.4, -0.2) is 21.7 Å². The summed E-state index contributed by atoms with van der Waals surface area (Å²) in [5.41, 5.74) is 5.85. The van der Waals surface area contributed by atoms with E-state index in [0.29, 0.717) is 0 Å². The van der Waals surface area contributed by atoms with Crippen molar-refractivity contribution in [3.8, 4) is 5.88 Å². The fraction of sp³-hybridized carbons (Fsp3) is 0.667. The van der Waals surface area contributed by atoms with E-state index < -0.39 is 0 Å². The van der Waals surface area contributed by atoms with E-state index in [4.69, 9.17) is 10.5 Å². The van der Waals surface area contributed by atoms with Crippen LogP contribution >= 0.6 is 0 Å². The smallest absolute Gasteiger partial charge is 0.313 e. The predicted molar refractivity (Wildman–Crippen MR) is 65.0 cm³/mol. The number of aromatic nitrogens is 2. The molecule has 0 aromatic carbocycles. The highest BCUT2D eigenvalue weighted by atomic mass is 16.5. The second kappa shape index (κ2) is 5.31. The fourth-order valence-corrected chi connectivity index (χ4v) is 2.15. The number of nitrogens with two attached hydrogens (primary N) is 1. The first kappa shape index (κ1) is 12.1. The predicted octanol–water partition coefficient (Wildman–Crippen LogP) is 0.819. The van der Waals surface area contributed by atoms with Gasteiger partial charge in [0.2, 0.25) is 0 Å². The lowest BCUT2D eigenvalue weighted by molar-refractivity contribution is 0.152. The molecule has 2 rings (SSSR count). The zero-order valence-corrected chi connectivity index (χ0v) is 10.1. The van der Waals surface area contributed by atoms with Gasteiger partial charge in [0.1, 0.15) is 6.10 Å². The van der Waals surface area contributed by atoms with E-state index in [1.54, 1.807) is 19.4 Å². The van der Waals surface area contributed by atoms with Gasteiger partial charge in [0, 0.05) is 25.5 Å². The molecule has 0 spiro atoms. The van der Waals surface area contributed by atoms with E-state index in [-0.39, 0.29) is 23.6 Å². The molecule has 94 valence electrons. The van der Waals surface area contributed by atoms with Gasteiger partial charge < -0.3 is 15.0 Å². The minimum absolute atomic E-state index is 0.00390. The van der Waals surface area contributed by atoms with Crippen molar-refractivity contribution in [1.29, 1.82) is 0 Å². The van der Waals surface area contributed by atoms with Gasteiger partial charge in [-0.15, -0.1) is 0 Å². The number of rotatable bonds is 2. The van der Waals surface area contributed by atoms with Crippen molar-refractivity contribution >= 4 is 0 Å². The molecule has 0 amide bonds. The largest absolute Gasteiger partial charge is 0.469 e. The van der Waals surface area contributed by atoms with Gasteiger partial charge in [-0.25, -0.2) is 4.98 Å². The van der Waals surface area contributed by atoms with Crippen molar-refractivity contribution in [3.63, 3.8) is 0 Å². The summed E-state index contributed by atoms with van der Waals surface area (Å²) < 4.78 is 7.15. The second-order valence-corrected chi connectivity index (χ2v) is 4.61. The first-order valence-electron chi connectivity index (χ1n) is 6.12. The molecule has 1 heterocycles. The molecule has 1 fully saturated rings. The van der Waals surface area contributed by atoms with Crippen molar-refractivity contribution in [3.05, 3.63) is 22.7 Å². The molecule has 2 N–H and O–H groups in total. The third kappa shape index (κ3) is 2.85. The molecule has 1 aromatic rings. The summed E-state index contributed by atoms with van der Waals surface area (Å²) in [7, 11) is 1.68. The monoisotopic (exact) mass is 237 g/mol. The van der Waals surface area contributed by atoms with Crippen LogP contribution in [0.2, 0.25) is 0 Å². The van der Waals surface area contributed by atoms with Crippen LogP contribution in [0.4, 0.5) is 0 Å². The van der Waals surface area contributed by atoms with Gasteiger partial charge in [-0.3, -0.25) is 4.79 Å². The Hall–Kier alpha value is -1.36. The maximum Gasteiger partial charge on any atom is 0.313 e. The lowest BCUT2D eigenvalue weighted by Crippen LogP contribution is -2.39. The van der Waals surface area contributed by atoms with Crippen LogP contribution in [0.1, 0.15) is 32.1 Å². The Morgan fingerprint density at radius 3 is 3.00 bits per heavy atom. The van der Waals surface area contributed by atoms with Crippen molar-refractivity contribution in [2.45, 2.75) is 44.2 Å². The Morgan fingerprint density at radius 2 is 2.18 bits per heavy atom. The van der Waals surface area contributed by atoms with E-state index >= 15 is 0 Å². The fourth-order valence-electron chi connectivity index (χ4n) is 2.15. The Labute approximate surface area is 101 Å². The summed E-state index contributed by atoms with van der Waals surface area (Å²) in [4.78, 5) is 15.8. The first-order valence-corrected chi connectivity index (χ1v) is 6.12. The number of hydrogen-bond acceptors (Lipinski definition) is 4. The Kier molecular flexibility index (Phi) is 3.78. The van der Waals surface area contributed by atoms with Crippen LogP contribution in [0.3, 0.4) is 0 Å². The highest BCUT2D eigenvalue weighted by Crippen LogP contribution is 2.19. The van der Waals surface area contributed by atoms with Crippen molar-refractivity contribution in [1.82, 2.24) is 9.55 Å². The average Bonchev–Trinajstić information content (AvgIpc) is 2.51. The van der Waals surface area contributed by atoms with E-state index in [1.165, 1.54) is 11.0 Å². The average molecular weight is 237 g/mol. The van der Waals surface area contributed by atoms with Crippen LogP contribution in [0.15, 0.2) is 17.2 Å². The summed E-state index contributed by atoms with van der Waals surface area (Å²) >= 11 is 0. The van der Waals surface area contributed by atoms with Crippen molar-refractivity contribution in [2.24, 2.45) is 12.8 Å². The summed E-state index contributed by atoms with van der Waals surface area (Å²) in [5, 5.41) is 0. The number of ether oxygens (including phenoxy) is 1. The lowest BCUT2D eigenvalue weighted by atomic mass is 10.1. The second-order valence-electron chi connectivity index (χ2n) is 4.61. The van der Waals surface area contributed by atoms with Gasteiger partial charge in [0.25, 0.3) is 5.88 Å². The van der Waals surface area contributed by atoms with Crippen LogP contribution in [0, 0.1) is 0 Å². The lowest BCUT2D eigenvalue weighted by Gasteiger charge is -2.21. The number of aryl methyl sites for hydroxylation is 1. The Morgan fingerprint density at radius 1 is 1.41 bits per heavy atom. The molecule has 0 saturated heterocycles. The summed E-state index contributed by atoms with van der Waals surface area (Å²) in [6, 6.07) is 0.00390. The number of nitrogens with zero attached hydrogens (tertiary/aromatic N) is 2. The van der Waals surface area contributed by atoms with Crippen LogP contribution < -0.4 is 16.0 Å². The molecule has 17 heavy (non-hydrogen) atoms. The molecule has 5 heteroatoms. The molecule has 0 radical (unpaired) electrons. The molecule has 0 bridgehead atoms.